The fraction of sp³-hybridized carbons (Fsp3) is 0.773. The fourth-order valence-electron chi connectivity index (χ4n) is 7.62. The molecule has 0 aromatic rings. The molecular weight excluding hydrogens is 296 g/mol. The lowest BCUT2D eigenvalue weighted by Crippen LogP contribution is -2.53. The smallest absolute Gasteiger partial charge is 0.155 e. The van der Waals surface area contributed by atoms with Gasteiger partial charge >= 0.3 is 0 Å². The van der Waals surface area contributed by atoms with Gasteiger partial charge in [-0.3, -0.25) is 4.79 Å². The monoisotopic (exact) mass is 326 g/mol. The van der Waals surface area contributed by atoms with Crippen molar-refractivity contribution in [1.82, 2.24) is 0 Å². The maximum Gasteiger partial charge on any atom is 0.155 e. The summed E-state index contributed by atoms with van der Waals surface area (Å²) in [5.41, 5.74) is 1.95. The molecule has 2 heteroatoms. The van der Waals surface area contributed by atoms with Gasteiger partial charge in [0.05, 0.1) is 5.60 Å². The van der Waals surface area contributed by atoms with Crippen LogP contribution in [-0.4, -0.2) is 18.0 Å². The lowest BCUT2D eigenvalue weighted by Gasteiger charge is -2.55. The molecule has 0 amide bonds. The normalized spacial score (nSPS) is 49.7. The molecule has 5 rings (SSSR count). The molecule has 1 saturated heterocycles. The number of carbonyl (C=O) groups excluding carboxylic acids is 1. The van der Waals surface area contributed by atoms with Gasteiger partial charge in [-0.15, -0.1) is 0 Å². The molecule has 0 radical (unpaired) electrons. The molecule has 3 fully saturated rings. The second-order valence-corrected chi connectivity index (χ2v) is 9.00. The average molecular weight is 326 g/mol. The fourth-order valence-corrected chi connectivity index (χ4v) is 7.62. The van der Waals surface area contributed by atoms with E-state index in [0.717, 1.165) is 37.2 Å². The van der Waals surface area contributed by atoms with Gasteiger partial charge in [-0.1, -0.05) is 19.1 Å². The largest absolute Gasteiger partial charge is 0.374 e. The van der Waals surface area contributed by atoms with Crippen LogP contribution < -0.4 is 0 Å². The first-order chi connectivity index (χ1) is 11.7. The zero-order chi connectivity index (χ0) is 16.4. The predicted octanol–water partition coefficient (Wildman–Crippen LogP) is 4.84. The molecule has 0 aromatic heterocycles. The topological polar surface area (TPSA) is 26.3 Å². The lowest BCUT2D eigenvalue weighted by molar-refractivity contribution is -0.130. The molecule has 2 nitrogen and oxygen atoms in total. The van der Waals surface area contributed by atoms with Gasteiger partial charge in [-0.25, -0.2) is 0 Å². The summed E-state index contributed by atoms with van der Waals surface area (Å²) in [4.78, 5) is 11.8. The molecule has 1 spiro atoms. The van der Waals surface area contributed by atoms with Crippen molar-refractivity contribution >= 4 is 5.78 Å². The first kappa shape index (κ1) is 15.4. The number of hydrogen-bond acceptors (Lipinski definition) is 2. The van der Waals surface area contributed by atoms with Crippen LogP contribution >= 0.6 is 0 Å². The summed E-state index contributed by atoms with van der Waals surface area (Å²) in [6, 6.07) is 0. The van der Waals surface area contributed by atoms with Crippen LogP contribution in [0, 0.1) is 29.1 Å². The molecule has 5 unspecified atom stereocenters. The molecular formula is C22H30O2. The van der Waals surface area contributed by atoms with Gasteiger partial charge in [0.15, 0.2) is 5.78 Å². The van der Waals surface area contributed by atoms with Gasteiger partial charge in [0.2, 0.25) is 0 Å². The molecule has 0 aromatic carbocycles. The molecule has 24 heavy (non-hydrogen) atoms. The Morgan fingerprint density at radius 3 is 2.92 bits per heavy atom. The van der Waals surface area contributed by atoms with Crippen LogP contribution in [0.2, 0.25) is 0 Å². The Kier molecular flexibility index (Phi) is 3.40. The lowest BCUT2D eigenvalue weighted by atomic mass is 9.50. The SMILES string of the molecule is CCC12CCC3C(C=CC4=CC(=O)CC[C@@H]43)C1CCC21CCCO1. The van der Waals surface area contributed by atoms with Crippen LogP contribution in [0.3, 0.4) is 0 Å². The van der Waals surface area contributed by atoms with Crippen molar-refractivity contribution in [1.29, 1.82) is 0 Å². The highest BCUT2D eigenvalue weighted by atomic mass is 16.5. The van der Waals surface area contributed by atoms with Crippen molar-refractivity contribution in [2.45, 2.75) is 70.3 Å². The van der Waals surface area contributed by atoms with E-state index in [0.29, 0.717) is 17.1 Å². The number of hydrogen-bond donors (Lipinski definition) is 0. The third kappa shape index (κ3) is 1.84. The van der Waals surface area contributed by atoms with Crippen molar-refractivity contribution in [2.24, 2.45) is 29.1 Å². The van der Waals surface area contributed by atoms with Crippen LogP contribution in [0.1, 0.15) is 64.7 Å². The summed E-state index contributed by atoms with van der Waals surface area (Å²) in [7, 11) is 0. The zero-order valence-corrected chi connectivity index (χ0v) is 14.9. The van der Waals surface area contributed by atoms with E-state index in [2.05, 4.69) is 19.1 Å². The van der Waals surface area contributed by atoms with E-state index in [1.165, 1.54) is 50.5 Å². The van der Waals surface area contributed by atoms with E-state index in [-0.39, 0.29) is 5.60 Å². The van der Waals surface area contributed by atoms with Gasteiger partial charge in [-0.05, 0) is 86.7 Å². The van der Waals surface area contributed by atoms with E-state index < -0.39 is 0 Å². The zero-order valence-electron chi connectivity index (χ0n) is 14.9. The van der Waals surface area contributed by atoms with E-state index in [1.54, 1.807) is 0 Å². The van der Waals surface area contributed by atoms with Crippen molar-refractivity contribution in [3.05, 3.63) is 23.8 Å². The predicted molar refractivity (Wildman–Crippen MR) is 94.5 cm³/mol. The van der Waals surface area contributed by atoms with Crippen LogP contribution in [0.15, 0.2) is 23.8 Å². The van der Waals surface area contributed by atoms with Gasteiger partial charge in [-0.2, -0.15) is 0 Å². The molecule has 130 valence electrons. The van der Waals surface area contributed by atoms with Gasteiger partial charge in [0.25, 0.3) is 0 Å². The van der Waals surface area contributed by atoms with Crippen LogP contribution in [0.25, 0.3) is 0 Å². The van der Waals surface area contributed by atoms with Gasteiger partial charge < -0.3 is 4.74 Å². The van der Waals surface area contributed by atoms with Gasteiger partial charge in [0, 0.05) is 18.4 Å². The summed E-state index contributed by atoms with van der Waals surface area (Å²) in [5, 5.41) is 0. The maximum absolute atomic E-state index is 11.8. The van der Waals surface area contributed by atoms with Crippen LogP contribution in [-0.2, 0) is 9.53 Å². The molecule has 0 N–H and O–H groups in total. The van der Waals surface area contributed by atoms with E-state index in [4.69, 9.17) is 4.74 Å². The summed E-state index contributed by atoms with van der Waals surface area (Å²) in [5.74, 6) is 3.28. The number of allylic oxidation sites excluding steroid dienone is 4. The van der Waals surface area contributed by atoms with Crippen molar-refractivity contribution in [3.8, 4) is 0 Å². The average Bonchev–Trinajstić information content (AvgIpc) is 3.21. The Labute approximate surface area is 145 Å². The number of ketones is 1. The third-order valence-corrected chi connectivity index (χ3v) is 8.58. The molecule has 6 atom stereocenters. The number of rotatable bonds is 1. The minimum atomic E-state index is 0.198. The summed E-state index contributed by atoms with van der Waals surface area (Å²) in [6.07, 6.45) is 17.8. The van der Waals surface area contributed by atoms with Crippen molar-refractivity contribution < 1.29 is 9.53 Å². The summed E-state index contributed by atoms with van der Waals surface area (Å²) < 4.78 is 6.49. The molecule has 1 aliphatic heterocycles. The summed E-state index contributed by atoms with van der Waals surface area (Å²) >= 11 is 0. The Bertz CT molecular complexity index is 609. The first-order valence-electron chi connectivity index (χ1n) is 10.3. The quantitative estimate of drug-likeness (QED) is 0.689. The van der Waals surface area contributed by atoms with Crippen molar-refractivity contribution in [2.75, 3.05) is 6.61 Å². The number of fused-ring (bicyclic) bond motifs is 6. The first-order valence-corrected chi connectivity index (χ1v) is 10.3. The Morgan fingerprint density at radius 2 is 2.12 bits per heavy atom. The minimum absolute atomic E-state index is 0.198. The summed E-state index contributed by atoms with van der Waals surface area (Å²) in [6.45, 7) is 3.40. The van der Waals surface area contributed by atoms with E-state index >= 15 is 0 Å². The highest BCUT2D eigenvalue weighted by molar-refractivity contribution is 5.91. The van der Waals surface area contributed by atoms with Crippen LogP contribution in [0.5, 0.6) is 0 Å². The van der Waals surface area contributed by atoms with Crippen LogP contribution in [0.4, 0.5) is 0 Å². The minimum Gasteiger partial charge on any atom is -0.374 e. The van der Waals surface area contributed by atoms with Crippen molar-refractivity contribution in [3.63, 3.8) is 0 Å². The standard InChI is InChI=1S/C22H30O2/c1-2-21-11-8-18-17-7-5-16(23)14-15(17)4-6-19(18)20(21)9-12-22(21)10-3-13-24-22/h4,6,14,17-20H,2-3,5,7-13H2,1H3/t17-,18?,19?,20?,21?,22?/m0/s1. The van der Waals surface area contributed by atoms with E-state index in [9.17, 15) is 4.79 Å². The molecule has 1 heterocycles. The Hall–Kier alpha value is -0.890. The van der Waals surface area contributed by atoms with Gasteiger partial charge in [0.1, 0.15) is 0 Å². The number of ether oxygens (including phenoxy) is 1. The highest BCUT2D eigenvalue weighted by Crippen LogP contribution is 2.68. The molecule has 4 aliphatic carbocycles. The Balaban J connectivity index is 1.52. The molecule has 2 saturated carbocycles. The number of carbonyl (C=O) groups is 1. The Morgan fingerprint density at radius 1 is 1.21 bits per heavy atom. The van der Waals surface area contributed by atoms with E-state index in [1.807, 2.05) is 6.08 Å². The highest BCUT2D eigenvalue weighted by Gasteiger charge is 2.64. The second-order valence-electron chi connectivity index (χ2n) is 9.00. The molecule has 5 aliphatic rings. The third-order valence-electron chi connectivity index (χ3n) is 8.58. The second kappa shape index (κ2) is 5.30. The maximum atomic E-state index is 11.8. The molecule has 0 bridgehead atoms.